The zero-order valence-corrected chi connectivity index (χ0v) is 11.2. The van der Waals surface area contributed by atoms with Crippen LogP contribution in [0.25, 0.3) is 0 Å². The third-order valence-corrected chi connectivity index (χ3v) is 3.80. The van der Waals surface area contributed by atoms with Gasteiger partial charge in [-0.25, -0.2) is 4.79 Å². The van der Waals surface area contributed by atoms with Crippen LogP contribution >= 0.6 is 0 Å². The maximum absolute atomic E-state index is 12.1. The van der Waals surface area contributed by atoms with Gasteiger partial charge in [-0.15, -0.1) is 0 Å². The topological polar surface area (TPSA) is 69.7 Å². The number of likely N-dealkylation sites (tertiary alicyclic amines) is 1. The Balaban J connectivity index is 2.01. The first-order valence-corrected chi connectivity index (χ1v) is 6.45. The highest BCUT2D eigenvalue weighted by Gasteiger charge is 2.53. The molecule has 2 rings (SSSR count). The van der Waals surface area contributed by atoms with E-state index in [0.717, 1.165) is 12.8 Å². The molecule has 1 saturated carbocycles. The third-order valence-electron chi connectivity index (χ3n) is 3.80. The molecule has 1 aliphatic heterocycles. The molecule has 0 aromatic carbocycles. The van der Waals surface area contributed by atoms with Gasteiger partial charge in [0.05, 0.1) is 0 Å². The second-order valence-corrected chi connectivity index (χ2v) is 6.38. The maximum Gasteiger partial charge on any atom is 0.410 e. The molecule has 0 aromatic rings. The summed E-state index contributed by atoms with van der Waals surface area (Å²) in [6.45, 7) is 6.16. The van der Waals surface area contributed by atoms with Gasteiger partial charge in [0.2, 0.25) is 0 Å². The normalized spacial score (nSPS) is 31.3. The zero-order chi connectivity index (χ0) is 13.6. The number of carbonyl (C=O) groups is 2. The van der Waals surface area contributed by atoms with Gasteiger partial charge in [-0.3, -0.25) is 0 Å². The molecule has 0 bridgehead atoms. The lowest BCUT2D eigenvalue weighted by atomic mass is 9.67. The number of amides is 1. The Bertz CT molecular complexity index is 366. The van der Waals surface area contributed by atoms with E-state index in [2.05, 4.69) is 0 Å². The van der Waals surface area contributed by atoms with Gasteiger partial charge in [0, 0.05) is 24.0 Å². The summed E-state index contributed by atoms with van der Waals surface area (Å²) in [6, 6.07) is 0. The van der Waals surface area contributed by atoms with Gasteiger partial charge < -0.3 is 19.5 Å². The molecule has 2 aliphatic rings. The summed E-state index contributed by atoms with van der Waals surface area (Å²) in [7, 11) is 0. The predicted octanol–water partition coefficient (Wildman–Crippen LogP) is 0.916. The van der Waals surface area contributed by atoms with Crippen LogP contribution in [0, 0.1) is 5.92 Å². The number of carboxylic acid groups (broad SMARTS) is 1. The lowest BCUT2D eigenvalue weighted by Crippen LogP contribution is -2.59. The summed E-state index contributed by atoms with van der Waals surface area (Å²) in [5.41, 5.74) is -0.800. The van der Waals surface area contributed by atoms with Crippen LogP contribution in [0.1, 0.15) is 46.5 Å². The van der Waals surface area contributed by atoms with Crippen molar-refractivity contribution in [1.82, 2.24) is 4.90 Å². The quantitative estimate of drug-likeness (QED) is 0.697. The Labute approximate surface area is 107 Å². The summed E-state index contributed by atoms with van der Waals surface area (Å²) in [6.07, 6.45) is 2.48. The van der Waals surface area contributed by atoms with Crippen LogP contribution in [-0.2, 0) is 9.53 Å². The highest BCUT2D eigenvalue weighted by Crippen LogP contribution is 2.49. The number of carboxylic acids is 1. The van der Waals surface area contributed by atoms with Crippen molar-refractivity contribution in [2.24, 2.45) is 5.92 Å². The summed E-state index contributed by atoms with van der Waals surface area (Å²) >= 11 is 0. The molecule has 2 fully saturated rings. The Morgan fingerprint density at radius 1 is 1.33 bits per heavy atom. The number of hydrogen-bond donors (Lipinski definition) is 0. The monoisotopic (exact) mass is 254 g/mol. The average molecular weight is 254 g/mol. The number of hydrogen-bond acceptors (Lipinski definition) is 4. The van der Waals surface area contributed by atoms with Crippen LogP contribution in [0.15, 0.2) is 0 Å². The Hall–Kier alpha value is -1.26. The second-order valence-electron chi connectivity index (χ2n) is 6.38. The van der Waals surface area contributed by atoms with Crippen LogP contribution < -0.4 is 5.11 Å². The van der Waals surface area contributed by atoms with Crippen LogP contribution in [0.3, 0.4) is 0 Å². The number of rotatable bonds is 1. The van der Waals surface area contributed by atoms with Gasteiger partial charge in [-0.1, -0.05) is 0 Å². The lowest BCUT2D eigenvalue weighted by Gasteiger charge is -2.50. The maximum atomic E-state index is 12.1. The summed E-state index contributed by atoms with van der Waals surface area (Å²) in [5, 5.41) is 10.8. The first-order valence-electron chi connectivity index (χ1n) is 6.45. The van der Waals surface area contributed by atoms with Crippen molar-refractivity contribution < 1.29 is 19.4 Å². The van der Waals surface area contributed by atoms with Crippen molar-refractivity contribution in [2.45, 2.75) is 57.6 Å². The molecular formula is C13H20NO4-. The first kappa shape index (κ1) is 13.2. The fraction of sp³-hybridized carbons (Fsp3) is 0.846. The number of carbonyl (C=O) groups excluding carboxylic acids is 2. The van der Waals surface area contributed by atoms with Crippen molar-refractivity contribution in [2.75, 3.05) is 6.54 Å². The molecule has 18 heavy (non-hydrogen) atoms. The summed E-state index contributed by atoms with van der Waals surface area (Å²) < 4.78 is 5.37. The largest absolute Gasteiger partial charge is 0.550 e. The lowest BCUT2D eigenvalue weighted by molar-refractivity contribution is -0.317. The van der Waals surface area contributed by atoms with Gasteiger partial charge >= 0.3 is 6.09 Å². The molecule has 5 heteroatoms. The van der Waals surface area contributed by atoms with E-state index in [0.29, 0.717) is 19.4 Å². The molecule has 0 N–H and O–H groups in total. The molecule has 1 aliphatic carbocycles. The average Bonchev–Trinajstić information content (AvgIpc) is 2.55. The SMILES string of the molecule is CC(C)(C)OC(=O)N1CCCC12CC(C(=O)[O-])C2. The second kappa shape index (κ2) is 4.14. The fourth-order valence-electron chi connectivity index (χ4n) is 2.99. The van der Waals surface area contributed by atoms with Crippen molar-refractivity contribution in [1.29, 1.82) is 0 Å². The first-order chi connectivity index (χ1) is 8.23. The molecule has 0 aromatic heterocycles. The minimum atomic E-state index is -1.00. The van der Waals surface area contributed by atoms with E-state index in [-0.39, 0.29) is 11.6 Å². The Morgan fingerprint density at radius 2 is 1.94 bits per heavy atom. The third kappa shape index (κ3) is 2.31. The number of ether oxygens (including phenoxy) is 1. The van der Waals surface area contributed by atoms with Crippen molar-refractivity contribution in [3.05, 3.63) is 0 Å². The molecule has 0 radical (unpaired) electrons. The van der Waals surface area contributed by atoms with Crippen LogP contribution in [0.5, 0.6) is 0 Å². The van der Waals surface area contributed by atoms with E-state index < -0.39 is 17.5 Å². The van der Waals surface area contributed by atoms with Gasteiger partial charge in [-0.05, 0) is 46.5 Å². The zero-order valence-electron chi connectivity index (χ0n) is 11.2. The van der Waals surface area contributed by atoms with E-state index in [1.807, 2.05) is 20.8 Å². The van der Waals surface area contributed by atoms with Crippen LogP contribution in [0.4, 0.5) is 4.79 Å². The molecule has 1 heterocycles. The van der Waals surface area contributed by atoms with Gasteiger partial charge in [0.25, 0.3) is 0 Å². The smallest absolute Gasteiger partial charge is 0.410 e. The number of aliphatic carboxylic acids is 1. The highest BCUT2D eigenvalue weighted by atomic mass is 16.6. The number of nitrogens with zero attached hydrogens (tertiary/aromatic N) is 1. The van der Waals surface area contributed by atoms with E-state index in [4.69, 9.17) is 4.74 Å². The van der Waals surface area contributed by atoms with Crippen molar-refractivity contribution in [3.63, 3.8) is 0 Å². The highest BCUT2D eigenvalue weighted by molar-refractivity contribution is 5.73. The molecule has 0 unspecified atom stereocenters. The summed E-state index contributed by atoms with van der Waals surface area (Å²) in [4.78, 5) is 24.6. The van der Waals surface area contributed by atoms with E-state index in [1.54, 1.807) is 4.90 Å². The standard InChI is InChI=1S/C13H21NO4/c1-12(2,3)18-11(17)14-6-4-5-13(14)7-9(8-13)10(15)16/h9H,4-8H2,1-3H3,(H,15,16)/p-1. The van der Waals surface area contributed by atoms with E-state index in [9.17, 15) is 14.7 Å². The predicted molar refractivity (Wildman–Crippen MR) is 62.6 cm³/mol. The summed E-state index contributed by atoms with van der Waals surface area (Å²) in [5.74, 6) is -1.41. The Morgan fingerprint density at radius 3 is 2.44 bits per heavy atom. The van der Waals surface area contributed by atoms with E-state index in [1.165, 1.54) is 0 Å². The van der Waals surface area contributed by atoms with Gasteiger partial charge in [-0.2, -0.15) is 0 Å². The molecule has 1 spiro atoms. The van der Waals surface area contributed by atoms with Crippen molar-refractivity contribution >= 4 is 12.1 Å². The molecule has 0 atom stereocenters. The minimum absolute atomic E-state index is 0.285. The van der Waals surface area contributed by atoms with Crippen LogP contribution in [-0.4, -0.2) is 34.6 Å². The molecular weight excluding hydrogens is 234 g/mol. The molecule has 5 nitrogen and oxygen atoms in total. The molecule has 1 amide bonds. The molecule has 1 saturated heterocycles. The van der Waals surface area contributed by atoms with Gasteiger partial charge in [0.1, 0.15) is 5.60 Å². The van der Waals surface area contributed by atoms with Crippen LogP contribution in [0.2, 0.25) is 0 Å². The van der Waals surface area contributed by atoms with E-state index >= 15 is 0 Å². The molecule has 102 valence electrons. The minimum Gasteiger partial charge on any atom is -0.550 e. The van der Waals surface area contributed by atoms with Crippen molar-refractivity contribution in [3.8, 4) is 0 Å². The van der Waals surface area contributed by atoms with Gasteiger partial charge in [0.15, 0.2) is 0 Å². The fourth-order valence-corrected chi connectivity index (χ4v) is 2.99. The Kier molecular flexibility index (Phi) is 3.03.